The summed E-state index contributed by atoms with van der Waals surface area (Å²) in [6.45, 7) is 1.94. The summed E-state index contributed by atoms with van der Waals surface area (Å²) in [5.41, 5.74) is 1.95. The Hall–Kier alpha value is -1.06. The molecular formula is C12H11ClO2S. The molecule has 0 radical (unpaired) electrons. The second-order valence-electron chi connectivity index (χ2n) is 3.82. The van der Waals surface area contributed by atoms with E-state index in [1.165, 1.54) is 5.41 Å². The SMILES string of the molecule is Cc1cc(Cl)cc(CC2=CC=CS2(=O)=O)c1. The van der Waals surface area contributed by atoms with Crippen LogP contribution in [-0.4, -0.2) is 8.42 Å². The summed E-state index contributed by atoms with van der Waals surface area (Å²) in [5, 5.41) is 1.86. The quantitative estimate of drug-likeness (QED) is 0.813. The fraction of sp³-hybridized carbons (Fsp3) is 0.167. The van der Waals surface area contributed by atoms with Gasteiger partial charge in [0.15, 0.2) is 9.84 Å². The van der Waals surface area contributed by atoms with Crippen molar-refractivity contribution in [3.63, 3.8) is 0 Å². The molecule has 1 aromatic carbocycles. The first-order valence-corrected chi connectivity index (χ1v) is 6.78. The van der Waals surface area contributed by atoms with Crippen molar-refractivity contribution in [1.82, 2.24) is 0 Å². The summed E-state index contributed by atoms with van der Waals surface area (Å²) in [5.74, 6) is 0. The Morgan fingerprint density at radius 1 is 1.25 bits per heavy atom. The summed E-state index contributed by atoms with van der Waals surface area (Å²) in [6, 6.07) is 5.59. The van der Waals surface area contributed by atoms with Gasteiger partial charge in [-0.1, -0.05) is 17.7 Å². The Kier molecular flexibility index (Phi) is 2.91. The highest BCUT2D eigenvalue weighted by molar-refractivity contribution is 7.98. The maximum absolute atomic E-state index is 11.5. The van der Waals surface area contributed by atoms with Gasteiger partial charge in [-0.25, -0.2) is 8.42 Å². The summed E-state index contributed by atoms with van der Waals surface area (Å²) in [7, 11) is -3.17. The Morgan fingerprint density at radius 2 is 2.00 bits per heavy atom. The van der Waals surface area contributed by atoms with Crippen LogP contribution in [0.4, 0.5) is 0 Å². The van der Waals surface area contributed by atoms with E-state index in [0.717, 1.165) is 11.1 Å². The minimum atomic E-state index is -3.17. The second kappa shape index (κ2) is 4.07. The minimum absolute atomic E-state index is 0.400. The fourth-order valence-electron chi connectivity index (χ4n) is 1.71. The average Bonchev–Trinajstić information content (AvgIpc) is 2.44. The van der Waals surface area contributed by atoms with E-state index in [0.29, 0.717) is 16.3 Å². The van der Waals surface area contributed by atoms with E-state index < -0.39 is 9.84 Å². The Labute approximate surface area is 100 Å². The molecule has 0 unspecified atom stereocenters. The molecule has 0 N–H and O–H groups in total. The van der Waals surface area contributed by atoms with Crippen LogP contribution >= 0.6 is 11.6 Å². The van der Waals surface area contributed by atoms with Crippen molar-refractivity contribution < 1.29 is 8.42 Å². The first-order chi connectivity index (χ1) is 7.47. The van der Waals surface area contributed by atoms with Crippen molar-refractivity contribution in [2.45, 2.75) is 13.3 Å². The molecule has 0 amide bonds. The van der Waals surface area contributed by atoms with Crippen LogP contribution in [0.15, 0.2) is 40.7 Å². The molecule has 84 valence electrons. The van der Waals surface area contributed by atoms with Crippen LogP contribution in [0.2, 0.25) is 5.02 Å². The lowest BCUT2D eigenvalue weighted by atomic mass is 10.1. The van der Waals surface area contributed by atoms with Crippen LogP contribution in [0.1, 0.15) is 11.1 Å². The maximum Gasteiger partial charge on any atom is 0.196 e. The standard InChI is InChI=1S/C12H11ClO2S/c1-9-5-10(7-11(13)6-9)8-12-3-2-4-16(12,14)15/h2-7H,8H2,1H3. The molecular weight excluding hydrogens is 244 g/mol. The molecule has 1 aliphatic rings. The molecule has 1 aromatic rings. The Balaban J connectivity index is 2.29. The molecule has 4 heteroatoms. The third-order valence-electron chi connectivity index (χ3n) is 2.39. The number of rotatable bonds is 2. The van der Waals surface area contributed by atoms with Crippen molar-refractivity contribution >= 4 is 21.4 Å². The van der Waals surface area contributed by atoms with Gasteiger partial charge in [0.25, 0.3) is 0 Å². The molecule has 0 atom stereocenters. The lowest BCUT2D eigenvalue weighted by Gasteiger charge is -2.05. The van der Waals surface area contributed by atoms with Gasteiger partial charge in [-0.15, -0.1) is 0 Å². The predicted octanol–water partition coefficient (Wildman–Crippen LogP) is 3.02. The van der Waals surface area contributed by atoms with Gasteiger partial charge >= 0.3 is 0 Å². The molecule has 0 aromatic heterocycles. The number of allylic oxidation sites excluding steroid dienone is 3. The van der Waals surface area contributed by atoms with Crippen LogP contribution in [-0.2, 0) is 16.3 Å². The van der Waals surface area contributed by atoms with Gasteiger partial charge in [-0.05, 0) is 42.3 Å². The topological polar surface area (TPSA) is 34.1 Å². The molecule has 0 aliphatic carbocycles. The largest absolute Gasteiger partial charge is 0.219 e. The summed E-state index contributed by atoms with van der Waals surface area (Å²) in [4.78, 5) is 0.425. The van der Waals surface area contributed by atoms with Gasteiger partial charge in [0.05, 0.1) is 4.91 Å². The van der Waals surface area contributed by atoms with Crippen molar-refractivity contribution in [2.24, 2.45) is 0 Å². The van der Waals surface area contributed by atoms with Gasteiger partial charge in [-0.3, -0.25) is 0 Å². The molecule has 2 rings (SSSR count). The van der Waals surface area contributed by atoms with E-state index in [-0.39, 0.29) is 0 Å². The highest BCUT2D eigenvalue weighted by atomic mass is 35.5. The van der Waals surface area contributed by atoms with Crippen molar-refractivity contribution in [2.75, 3.05) is 0 Å². The molecule has 2 nitrogen and oxygen atoms in total. The molecule has 0 bridgehead atoms. The van der Waals surface area contributed by atoms with Crippen LogP contribution < -0.4 is 0 Å². The lowest BCUT2D eigenvalue weighted by Crippen LogP contribution is -2.00. The normalized spacial score (nSPS) is 17.5. The van der Waals surface area contributed by atoms with E-state index in [2.05, 4.69) is 0 Å². The van der Waals surface area contributed by atoms with E-state index in [4.69, 9.17) is 11.6 Å². The monoisotopic (exact) mass is 254 g/mol. The highest BCUT2D eigenvalue weighted by Gasteiger charge is 2.18. The third-order valence-corrected chi connectivity index (χ3v) is 4.13. The summed E-state index contributed by atoms with van der Waals surface area (Å²) >= 11 is 5.92. The Bertz CT molecular complexity index is 563. The molecule has 0 saturated carbocycles. The number of sulfone groups is 1. The second-order valence-corrected chi connectivity index (χ2v) is 6.14. The summed E-state index contributed by atoms with van der Waals surface area (Å²) in [6.07, 6.45) is 3.59. The highest BCUT2D eigenvalue weighted by Crippen LogP contribution is 2.23. The fourth-order valence-corrected chi connectivity index (χ4v) is 3.12. The first-order valence-electron chi connectivity index (χ1n) is 4.86. The lowest BCUT2D eigenvalue weighted by molar-refractivity contribution is 0.610. The zero-order valence-corrected chi connectivity index (χ0v) is 10.3. The molecule has 1 heterocycles. The van der Waals surface area contributed by atoms with Crippen LogP contribution in [0, 0.1) is 6.92 Å². The molecule has 16 heavy (non-hydrogen) atoms. The van der Waals surface area contributed by atoms with Crippen LogP contribution in [0.3, 0.4) is 0 Å². The minimum Gasteiger partial charge on any atom is -0.219 e. The number of halogens is 1. The van der Waals surface area contributed by atoms with Crippen LogP contribution in [0.5, 0.6) is 0 Å². The molecule has 1 aliphatic heterocycles. The van der Waals surface area contributed by atoms with Crippen molar-refractivity contribution in [1.29, 1.82) is 0 Å². The number of hydrogen-bond acceptors (Lipinski definition) is 2. The van der Waals surface area contributed by atoms with Gasteiger partial charge in [0.2, 0.25) is 0 Å². The van der Waals surface area contributed by atoms with Gasteiger partial charge in [0.1, 0.15) is 0 Å². The summed E-state index contributed by atoms with van der Waals surface area (Å²) < 4.78 is 23.1. The Morgan fingerprint density at radius 3 is 2.56 bits per heavy atom. The van der Waals surface area contributed by atoms with Crippen molar-refractivity contribution in [3.05, 3.63) is 56.8 Å². The molecule has 0 fully saturated rings. The first kappa shape index (κ1) is 11.4. The molecule has 0 spiro atoms. The van der Waals surface area contributed by atoms with Crippen molar-refractivity contribution in [3.8, 4) is 0 Å². The van der Waals surface area contributed by atoms with Crippen LogP contribution in [0.25, 0.3) is 0 Å². The number of hydrogen-bond donors (Lipinski definition) is 0. The number of aryl methyl sites for hydroxylation is 1. The number of benzene rings is 1. The third kappa shape index (κ3) is 2.36. The maximum atomic E-state index is 11.5. The van der Waals surface area contributed by atoms with E-state index >= 15 is 0 Å². The smallest absolute Gasteiger partial charge is 0.196 e. The van der Waals surface area contributed by atoms with E-state index in [1.807, 2.05) is 19.1 Å². The zero-order chi connectivity index (χ0) is 11.8. The van der Waals surface area contributed by atoms with Gasteiger partial charge in [-0.2, -0.15) is 0 Å². The molecule has 0 saturated heterocycles. The zero-order valence-electron chi connectivity index (χ0n) is 8.77. The predicted molar refractivity (Wildman–Crippen MR) is 66.0 cm³/mol. The average molecular weight is 255 g/mol. The van der Waals surface area contributed by atoms with E-state index in [9.17, 15) is 8.42 Å². The van der Waals surface area contributed by atoms with E-state index in [1.54, 1.807) is 18.2 Å². The van der Waals surface area contributed by atoms with Gasteiger partial charge < -0.3 is 0 Å². The van der Waals surface area contributed by atoms with Gasteiger partial charge in [0, 0.05) is 16.9 Å².